The van der Waals surface area contributed by atoms with Gasteiger partial charge >= 0.3 is 0 Å². The molecule has 2 aromatic carbocycles. The van der Waals surface area contributed by atoms with E-state index in [9.17, 15) is 5.11 Å². The molecule has 1 aliphatic heterocycles. The van der Waals surface area contributed by atoms with Crippen molar-refractivity contribution >= 4 is 0 Å². The molecule has 3 aromatic rings. The maximum atomic E-state index is 10.4. The molecular formula is C25H30N2O3. The fourth-order valence-corrected chi connectivity index (χ4v) is 4.13. The summed E-state index contributed by atoms with van der Waals surface area (Å²) in [6, 6.07) is 25.4. The Labute approximate surface area is 178 Å². The first-order valence-electron chi connectivity index (χ1n) is 10.6. The lowest BCUT2D eigenvalue weighted by Crippen LogP contribution is -2.50. The van der Waals surface area contributed by atoms with Gasteiger partial charge in [-0.1, -0.05) is 60.7 Å². The van der Waals surface area contributed by atoms with Gasteiger partial charge in [0.15, 0.2) is 0 Å². The van der Waals surface area contributed by atoms with Gasteiger partial charge in [0, 0.05) is 32.7 Å². The number of aliphatic hydroxyl groups is 1. The Morgan fingerprint density at radius 1 is 0.833 bits per heavy atom. The molecular weight excluding hydrogens is 376 g/mol. The summed E-state index contributed by atoms with van der Waals surface area (Å²) in [5, 5.41) is 10.4. The summed E-state index contributed by atoms with van der Waals surface area (Å²) < 4.78 is 10.8. The first-order valence-corrected chi connectivity index (χ1v) is 10.6. The van der Waals surface area contributed by atoms with Gasteiger partial charge in [-0.25, -0.2) is 0 Å². The van der Waals surface area contributed by atoms with Crippen LogP contribution in [0.3, 0.4) is 0 Å². The molecule has 1 saturated heterocycles. The van der Waals surface area contributed by atoms with Crippen LogP contribution in [0.4, 0.5) is 0 Å². The third-order valence-electron chi connectivity index (χ3n) is 5.61. The molecule has 1 atom stereocenters. The molecule has 1 fully saturated rings. The summed E-state index contributed by atoms with van der Waals surface area (Å²) >= 11 is 0. The van der Waals surface area contributed by atoms with Crippen LogP contribution in [0.1, 0.15) is 22.9 Å². The van der Waals surface area contributed by atoms with Gasteiger partial charge in [0.2, 0.25) is 0 Å². The van der Waals surface area contributed by atoms with E-state index in [1.54, 1.807) is 6.26 Å². The predicted molar refractivity (Wildman–Crippen MR) is 117 cm³/mol. The van der Waals surface area contributed by atoms with Crippen molar-refractivity contribution in [3.8, 4) is 0 Å². The lowest BCUT2D eigenvalue weighted by Gasteiger charge is -2.40. The first kappa shape index (κ1) is 20.8. The minimum atomic E-state index is -0.495. The molecule has 0 spiro atoms. The summed E-state index contributed by atoms with van der Waals surface area (Å²) in [6.07, 6.45) is 1.14. The lowest BCUT2D eigenvalue weighted by molar-refractivity contribution is -0.00449. The lowest BCUT2D eigenvalue weighted by atomic mass is 9.96. The van der Waals surface area contributed by atoms with E-state index in [2.05, 4.69) is 70.5 Å². The third kappa shape index (κ3) is 5.58. The van der Waals surface area contributed by atoms with Gasteiger partial charge in [-0.05, 0) is 23.3 Å². The molecule has 0 aliphatic carbocycles. The zero-order chi connectivity index (χ0) is 20.6. The van der Waals surface area contributed by atoms with Crippen molar-refractivity contribution in [3.05, 3.63) is 95.9 Å². The largest absolute Gasteiger partial charge is 0.467 e. The highest BCUT2D eigenvalue weighted by Crippen LogP contribution is 2.29. The molecule has 1 N–H and O–H groups in total. The predicted octanol–water partition coefficient (Wildman–Crippen LogP) is 3.56. The average Bonchev–Trinajstić information content (AvgIpc) is 3.30. The quantitative estimate of drug-likeness (QED) is 0.589. The highest BCUT2D eigenvalue weighted by molar-refractivity contribution is 5.31. The van der Waals surface area contributed by atoms with E-state index in [4.69, 9.17) is 9.15 Å². The Morgan fingerprint density at radius 2 is 1.47 bits per heavy atom. The van der Waals surface area contributed by atoms with Crippen LogP contribution in [0.2, 0.25) is 0 Å². The van der Waals surface area contributed by atoms with Crippen LogP contribution in [0.15, 0.2) is 83.5 Å². The summed E-state index contributed by atoms with van der Waals surface area (Å²) in [5.74, 6) is 0.781. The van der Waals surface area contributed by atoms with Gasteiger partial charge in [0.1, 0.15) is 12.4 Å². The second-order valence-corrected chi connectivity index (χ2v) is 7.81. The molecule has 0 bridgehead atoms. The van der Waals surface area contributed by atoms with Crippen LogP contribution >= 0.6 is 0 Å². The maximum Gasteiger partial charge on any atom is 0.129 e. The standard InChI is InChI=1S/C25H30N2O3/c28-23(19-29-20-24-12-7-17-30-24)18-26-13-15-27(16-14-26)25(21-8-3-1-4-9-21)22-10-5-2-6-11-22/h1-12,17,23,25,28H,13-16,18-20H2/t23-/m0/s1. The molecule has 0 radical (unpaired) electrons. The van der Waals surface area contributed by atoms with Gasteiger partial charge in [-0.15, -0.1) is 0 Å². The van der Waals surface area contributed by atoms with Gasteiger partial charge < -0.3 is 14.3 Å². The van der Waals surface area contributed by atoms with Crippen LogP contribution in [0, 0.1) is 0 Å². The van der Waals surface area contributed by atoms with Crippen molar-refractivity contribution in [2.24, 2.45) is 0 Å². The summed E-state index contributed by atoms with van der Waals surface area (Å²) in [6.45, 7) is 5.15. The third-order valence-corrected chi connectivity index (χ3v) is 5.61. The molecule has 4 rings (SSSR count). The molecule has 5 nitrogen and oxygen atoms in total. The first-order chi connectivity index (χ1) is 14.8. The van der Waals surface area contributed by atoms with Crippen molar-refractivity contribution in [2.45, 2.75) is 18.8 Å². The van der Waals surface area contributed by atoms with Gasteiger partial charge in [0.25, 0.3) is 0 Å². The van der Waals surface area contributed by atoms with Crippen molar-refractivity contribution in [1.82, 2.24) is 9.80 Å². The zero-order valence-corrected chi connectivity index (χ0v) is 17.3. The number of ether oxygens (including phenoxy) is 1. The summed E-state index contributed by atoms with van der Waals surface area (Å²) in [4.78, 5) is 4.87. The molecule has 2 heterocycles. The van der Waals surface area contributed by atoms with E-state index in [1.165, 1.54) is 11.1 Å². The van der Waals surface area contributed by atoms with Crippen LogP contribution < -0.4 is 0 Å². The summed E-state index contributed by atoms with van der Waals surface area (Å²) in [7, 11) is 0. The SMILES string of the molecule is O[C@H](COCc1ccco1)CN1CCN(C(c2ccccc2)c2ccccc2)CC1. The van der Waals surface area contributed by atoms with E-state index < -0.39 is 6.10 Å². The van der Waals surface area contributed by atoms with Crippen molar-refractivity contribution in [2.75, 3.05) is 39.3 Å². The van der Waals surface area contributed by atoms with Crippen LogP contribution in [-0.4, -0.2) is 60.3 Å². The normalized spacial score (nSPS) is 16.7. The van der Waals surface area contributed by atoms with Crippen molar-refractivity contribution in [1.29, 1.82) is 0 Å². The number of furan rings is 1. The minimum Gasteiger partial charge on any atom is -0.467 e. The van der Waals surface area contributed by atoms with Crippen molar-refractivity contribution < 1.29 is 14.3 Å². The number of β-amino-alcohol motifs (C(OH)–C–C–N with tert-alkyl or cyclic N) is 1. The molecule has 0 unspecified atom stereocenters. The second kappa shape index (κ2) is 10.5. The van der Waals surface area contributed by atoms with E-state index in [0.29, 0.717) is 19.8 Å². The van der Waals surface area contributed by atoms with Crippen molar-refractivity contribution in [3.63, 3.8) is 0 Å². The maximum absolute atomic E-state index is 10.4. The fourth-order valence-electron chi connectivity index (χ4n) is 4.13. The monoisotopic (exact) mass is 406 g/mol. The fraction of sp³-hybridized carbons (Fsp3) is 0.360. The highest BCUT2D eigenvalue weighted by atomic mass is 16.5. The van der Waals surface area contributed by atoms with E-state index in [1.807, 2.05) is 12.1 Å². The number of piperazine rings is 1. The minimum absolute atomic E-state index is 0.260. The zero-order valence-electron chi connectivity index (χ0n) is 17.3. The highest BCUT2D eigenvalue weighted by Gasteiger charge is 2.27. The van der Waals surface area contributed by atoms with Gasteiger partial charge in [-0.3, -0.25) is 9.80 Å². The Kier molecular flexibility index (Phi) is 7.32. The van der Waals surface area contributed by atoms with Gasteiger partial charge in [-0.2, -0.15) is 0 Å². The Balaban J connectivity index is 1.30. The molecule has 0 saturated carbocycles. The van der Waals surface area contributed by atoms with E-state index in [0.717, 1.165) is 31.9 Å². The Morgan fingerprint density at radius 3 is 2.03 bits per heavy atom. The molecule has 5 heteroatoms. The van der Waals surface area contributed by atoms with E-state index >= 15 is 0 Å². The average molecular weight is 407 g/mol. The number of rotatable bonds is 9. The number of hydrogen-bond donors (Lipinski definition) is 1. The second-order valence-electron chi connectivity index (χ2n) is 7.81. The number of benzene rings is 2. The summed E-state index contributed by atoms with van der Waals surface area (Å²) in [5.41, 5.74) is 2.65. The Bertz CT molecular complexity index is 807. The molecule has 30 heavy (non-hydrogen) atoms. The van der Waals surface area contributed by atoms with E-state index in [-0.39, 0.29) is 6.04 Å². The van der Waals surface area contributed by atoms with Crippen LogP contribution in [0.25, 0.3) is 0 Å². The van der Waals surface area contributed by atoms with Gasteiger partial charge in [0.05, 0.1) is 25.0 Å². The Hall–Kier alpha value is -2.44. The molecule has 1 aliphatic rings. The smallest absolute Gasteiger partial charge is 0.129 e. The number of nitrogens with zero attached hydrogens (tertiary/aromatic N) is 2. The molecule has 0 amide bonds. The molecule has 158 valence electrons. The van der Waals surface area contributed by atoms with Crippen LogP contribution in [-0.2, 0) is 11.3 Å². The topological polar surface area (TPSA) is 49.1 Å². The van der Waals surface area contributed by atoms with Crippen LogP contribution in [0.5, 0.6) is 0 Å². The number of aliphatic hydroxyl groups excluding tert-OH is 1. The molecule has 1 aromatic heterocycles. The number of hydrogen-bond acceptors (Lipinski definition) is 5.